The summed E-state index contributed by atoms with van der Waals surface area (Å²) in [7, 11) is -3.16. The number of aromatic nitrogens is 2. The molecule has 2 aliphatic rings. The Labute approximate surface area is 105 Å². The summed E-state index contributed by atoms with van der Waals surface area (Å²) in [6, 6.07) is 0. The molecule has 3 heterocycles. The monoisotopic (exact) mass is 273 g/mol. The van der Waals surface area contributed by atoms with Crippen LogP contribution in [0.3, 0.4) is 0 Å². The largest absolute Gasteiger partial charge is 0.425 e. The van der Waals surface area contributed by atoms with Gasteiger partial charge in [-0.3, -0.25) is 0 Å². The lowest BCUT2D eigenvalue weighted by molar-refractivity contribution is 0.105. The van der Waals surface area contributed by atoms with E-state index in [1.165, 1.54) is 10.6 Å². The van der Waals surface area contributed by atoms with E-state index < -0.39 is 10.0 Å². The second kappa shape index (κ2) is 4.01. The van der Waals surface area contributed by atoms with Gasteiger partial charge in [-0.2, -0.15) is 4.31 Å². The van der Waals surface area contributed by atoms with Crippen molar-refractivity contribution in [1.82, 2.24) is 14.5 Å². The first-order chi connectivity index (χ1) is 8.45. The van der Waals surface area contributed by atoms with Crippen LogP contribution in [0.25, 0.3) is 0 Å². The minimum Gasteiger partial charge on any atom is -0.425 e. The zero-order chi connectivity index (χ0) is 12.9. The molecule has 2 saturated heterocycles. The summed E-state index contributed by atoms with van der Waals surface area (Å²) in [6.07, 6.45) is 1.16. The van der Waals surface area contributed by atoms with Gasteiger partial charge >= 0.3 is 0 Å². The molecule has 0 bridgehead atoms. The van der Waals surface area contributed by atoms with E-state index >= 15 is 0 Å². The van der Waals surface area contributed by atoms with Gasteiger partial charge in [0.15, 0.2) is 0 Å². The van der Waals surface area contributed by atoms with E-state index in [4.69, 9.17) is 9.15 Å². The maximum absolute atomic E-state index is 11.5. The maximum Gasteiger partial charge on any atom is 0.222 e. The summed E-state index contributed by atoms with van der Waals surface area (Å²) in [5.74, 6) is 1.18. The Morgan fingerprint density at radius 1 is 1.33 bits per heavy atom. The van der Waals surface area contributed by atoms with Gasteiger partial charge < -0.3 is 9.15 Å². The van der Waals surface area contributed by atoms with Crippen LogP contribution in [0.4, 0.5) is 0 Å². The molecule has 0 spiro atoms. The van der Waals surface area contributed by atoms with E-state index in [2.05, 4.69) is 10.2 Å². The third kappa shape index (κ3) is 1.94. The molecule has 8 heteroatoms. The topological polar surface area (TPSA) is 85.5 Å². The number of fused-ring (bicyclic) bond motifs is 1. The van der Waals surface area contributed by atoms with Crippen molar-refractivity contribution in [2.24, 2.45) is 5.92 Å². The normalized spacial score (nSPS) is 32.9. The average molecular weight is 273 g/mol. The smallest absolute Gasteiger partial charge is 0.222 e. The highest BCUT2D eigenvalue weighted by Crippen LogP contribution is 2.39. The van der Waals surface area contributed by atoms with Gasteiger partial charge in [-0.25, -0.2) is 8.42 Å². The SMILES string of the molecule is Cc1nnc([C@H]2CO[C@@H]3CN(S(C)(=O)=O)C[C@H]23)o1. The van der Waals surface area contributed by atoms with Crippen LogP contribution >= 0.6 is 0 Å². The molecule has 0 aromatic carbocycles. The van der Waals surface area contributed by atoms with Crippen LogP contribution in [0.2, 0.25) is 0 Å². The van der Waals surface area contributed by atoms with E-state index in [0.717, 1.165) is 0 Å². The van der Waals surface area contributed by atoms with Gasteiger partial charge in [-0.15, -0.1) is 10.2 Å². The Kier molecular flexibility index (Phi) is 2.68. The molecule has 0 unspecified atom stereocenters. The quantitative estimate of drug-likeness (QED) is 0.738. The van der Waals surface area contributed by atoms with E-state index in [-0.39, 0.29) is 17.9 Å². The zero-order valence-corrected chi connectivity index (χ0v) is 11.1. The second-order valence-electron chi connectivity index (χ2n) is 4.88. The van der Waals surface area contributed by atoms with Crippen LogP contribution in [0.5, 0.6) is 0 Å². The van der Waals surface area contributed by atoms with E-state index in [9.17, 15) is 8.42 Å². The zero-order valence-electron chi connectivity index (χ0n) is 10.2. The van der Waals surface area contributed by atoms with Crippen LogP contribution in [-0.2, 0) is 14.8 Å². The van der Waals surface area contributed by atoms with Crippen LogP contribution in [0.15, 0.2) is 4.42 Å². The molecule has 3 rings (SSSR count). The van der Waals surface area contributed by atoms with Crippen molar-refractivity contribution in [3.8, 4) is 0 Å². The number of rotatable bonds is 2. The molecule has 18 heavy (non-hydrogen) atoms. The second-order valence-corrected chi connectivity index (χ2v) is 6.86. The molecule has 7 nitrogen and oxygen atoms in total. The molecule has 0 amide bonds. The fraction of sp³-hybridized carbons (Fsp3) is 0.800. The van der Waals surface area contributed by atoms with E-state index in [1.807, 2.05) is 0 Å². The number of hydrogen-bond donors (Lipinski definition) is 0. The molecule has 100 valence electrons. The summed E-state index contributed by atoms with van der Waals surface area (Å²) in [4.78, 5) is 0. The molecule has 0 radical (unpaired) electrons. The van der Waals surface area contributed by atoms with Crippen molar-refractivity contribution in [3.63, 3.8) is 0 Å². The van der Waals surface area contributed by atoms with Gasteiger partial charge in [0.2, 0.25) is 21.8 Å². The van der Waals surface area contributed by atoms with Crippen molar-refractivity contribution in [1.29, 1.82) is 0 Å². The van der Waals surface area contributed by atoms with Gasteiger partial charge in [0.25, 0.3) is 0 Å². The van der Waals surface area contributed by atoms with Crippen LogP contribution in [-0.4, -0.2) is 55.0 Å². The van der Waals surface area contributed by atoms with Crippen molar-refractivity contribution >= 4 is 10.0 Å². The molecule has 0 N–H and O–H groups in total. The summed E-state index contributed by atoms with van der Waals surface area (Å²) in [5.41, 5.74) is 0. The standard InChI is InChI=1S/C10H15N3O4S/c1-6-11-12-10(17-6)8-5-16-9-4-13(3-7(8)9)18(2,14)15/h7-9H,3-5H2,1-2H3/t7-,8+,9-/m1/s1. The highest BCUT2D eigenvalue weighted by Gasteiger charge is 2.48. The summed E-state index contributed by atoms with van der Waals surface area (Å²) in [5, 5.41) is 7.82. The van der Waals surface area contributed by atoms with Gasteiger partial charge in [0, 0.05) is 25.9 Å². The molecule has 0 saturated carbocycles. The van der Waals surface area contributed by atoms with Gasteiger partial charge in [-0.05, 0) is 0 Å². The summed E-state index contributed by atoms with van der Waals surface area (Å²) < 4.78 is 35.6. The molecule has 2 fully saturated rings. The maximum atomic E-state index is 11.5. The number of hydrogen-bond acceptors (Lipinski definition) is 6. The fourth-order valence-corrected chi connectivity index (χ4v) is 3.52. The molecule has 3 atom stereocenters. The molecule has 2 aliphatic heterocycles. The van der Waals surface area contributed by atoms with Crippen LogP contribution < -0.4 is 0 Å². The minimum absolute atomic E-state index is 0.00273. The lowest BCUT2D eigenvalue weighted by Crippen LogP contribution is -2.30. The number of nitrogens with zero attached hydrogens (tertiary/aromatic N) is 3. The third-order valence-electron chi connectivity index (χ3n) is 3.61. The van der Waals surface area contributed by atoms with Crippen molar-refractivity contribution in [3.05, 3.63) is 11.8 Å². The molecule has 1 aromatic rings. The van der Waals surface area contributed by atoms with E-state index in [0.29, 0.717) is 31.5 Å². The third-order valence-corrected chi connectivity index (χ3v) is 4.85. The van der Waals surface area contributed by atoms with E-state index in [1.54, 1.807) is 6.92 Å². The first-order valence-electron chi connectivity index (χ1n) is 5.82. The highest BCUT2D eigenvalue weighted by molar-refractivity contribution is 7.88. The Morgan fingerprint density at radius 3 is 2.72 bits per heavy atom. The van der Waals surface area contributed by atoms with Crippen LogP contribution in [0.1, 0.15) is 17.7 Å². The Balaban J connectivity index is 1.81. The van der Waals surface area contributed by atoms with Crippen molar-refractivity contribution in [2.75, 3.05) is 26.0 Å². The Morgan fingerprint density at radius 2 is 2.11 bits per heavy atom. The highest BCUT2D eigenvalue weighted by atomic mass is 32.2. The first kappa shape index (κ1) is 12.1. The summed E-state index contributed by atoms with van der Waals surface area (Å²) in [6.45, 7) is 3.15. The Hall–Kier alpha value is -0.990. The van der Waals surface area contributed by atoms with Gasteiger partial charge in [0.1, 0.15) is 0 Å². The predicted molar refractivity (Wildman–Crippen MR) is 61.4 cm³/mol. The van der Waals surface area contributed by atoms with Gasteiger partial charge in [-0.1, -0.05) is 0 Å². The average Bonchev–Trinajstić information content (AvgIpc) is 2.89. The lowest BCUT2D eigenvalue weighted by Gasteiger charge is -2.15. The summed E-state index contributed by atoms with van der Waals surface area (Å²) >= 11 is 0. The molecular weight excluding hydrogens is 258 g/mol. The van der Waals surface area contributed by atoms with Crippen molar-refractivity contribution in [2.45, 2.75) is 18.9 Å². The molecular formula is C10H15N3O4S. The number of sulfonamides is 1. The Bertz CT molecular complexity index is 555. The predicted octanol–water partition coefficient (Wildman–Crippen LogP) is -0.248. The lowest BCUT2D eigenvalue weighted by atomic mass is 9.93. The van der Waals surface area contributed by atoms with Gasteiger partial charge in [0.05, 0.1) is 24.9 Å². The fourth-order valence-electron chi connectivity index (χ4n) is 2.66. The number of aryl methyl sites for hydroxylation is 1. The molecule has 0 aliphatic carbocycles. The minimum atomic E-state index is -3.16. The first-order valence-corrected chi connectivity index (χ1v) is 7.66. The van der Waals surface area contributed by atoms with Crippen LogP contribution in [0, 0.1) is 12.8 Å². The van der Waals surface area contributed by atoms with Crippen molar-refractivity contribution < 1.29 is 17.6 Å². The molecule has 1 aromatic heterocycles. The number of ether oxygens (including phenoxy) is 1.